The minimum Gasteiger partial charge on any atom is -0.466 e. The summed E-state index contributed by atoms with van der Waals surface area (Å²) in [4.78, 5) is 30.8. The highest BCUT2D eigenvalue weighted by atomic mass is 32.2. The molecule has 6 heteroatoms. The van der Waals surface area contributed by atoms with Gasteiger partial charge >= 0.3 is 5.97 Å². The molecule has 0 bridgehead atoms. The Hall–Kier alpha value is -2.08. The summed E-state index contributed by atoms with van der Waals surface area (Å²) in [5.74, 6) is 0.258. The first-order valence-electron chi connectivity index (χ1n) is 7.01. The van der Waals surface area contributed by atoms with Crippen molar-refractivity contribution in [2.24, 2.45) is 4.99 Å². The number of amides is 1. The number of carbonyl (C=O) groups is 2. The van der Waals surface area contributed by atoms with Crippen LogP contribution in [0.1, 0.15) is 24.9 Å². The van der Waals surface area contributed by atoms with Crippen molar-refractivity contribution in [2.75, 3.05) is 12.9 Å². The Labute approximate surface area is 133 Å². The fourth-order valence-corrected chi connectivity index (χ4v) is 3.72. The molecular weight excluding hydrogens is 300 g/mol. The first kappa shape index (κ1) is 14.8. The molecule has 0 unspecified atom stereocenters. The van der Waals surface area contributed by atoms with E-state index in [2.05, 4.69) is 4.99 Å². The second-order valence-corrected chi connectivity index (χ2v) is 6.12. The number of thioether (sulfide) groups is 1. The summed E-state index contributed by atoms with van der Waals surface area (Å²) in [6.45, 7) is 1.78. The van der Waals surface area contributed by atoms with Crippen LogP contribution < -0.4 is 0 Å². The van der Waals surface area contributed by atoms with E-state index >= 15 is 0 Å². The third-order valence-corrected chi connectivity index (χ3v) is 4.68. The Bertz CT molecular complexity index is 682. The van der Waals surface area contributed by atoms with Gasteiger partial charge in [0.05, 0.1) is 24.4 Å². The second kappa shape index (κ2) is 5.96. The van der Waals surface area contributed by atoms with Crippen LogP contribution in [0, 0.1) is 0 Å². The average molecular weight is 316 g/mol. The van der Waals surface area contributed by atoms with E-state index in [9.17, 15) is 9.59 Å². The van der Waals surface area contributed by atoms with E-state index in [1.807, 2.05) is 30.3 Å². The minimum absolute atomic E-state index is 0.0137. The Morgan fingerprint density at radius 3 is 2.77 bits per heavy atom. The fourth-order valence-electron chi connectivity index (χ4n) is 2.72. The zero-order valence-electron chi connectivity index (χ0n) is 12.4. The number of hydrogen-bond acceptors (Lipinski definition) is 5. The standard InChI is InChI=1S/C16H16N2O3S/c1-10-13(15(20)21-2)14(11-6-4-3-5-7-11)18-12(19)8-9-22-16(18)17-10/h3-7,14H,8-9H2,1-2H3/t14-/m0/s1. The molecule has 0 spiro atoms. The van der Waals surface area contributed by atoms with E-state index in [1.165, 1.54) is 7.11 Å². The van der Waals surface area contributed by atoms with Gasteiger partial charge in [0.2, 0.25) is 5.91 Å². The molecule has 1 fully saturated rings. The summed E-state index contributed by atoms with van der Waals surface area (Å²) < 4.78 is 4.92. The molecule has 114 valence electrons. The smallest absolute Gasteiger partial charge is 0.338 e. The number of nitrogens with zero attached hydrogens (tertiary/aromatic N) is 2. The van der Waals surface area contributed by atoms with Crippen LogP contribution in [0.5, 0.6) is 0 Å². The van der Waals surface area contributed by atoms with Gasteiger partial charge in [-0.25, -0.2) is 9.79 Å². The first-order valence-corrected chi connectivity index (χ1v) is 7.99. The molecule has 0 aromatic heterocycles. The largest absolute Gasteiger partial charge is 0.466 e. The molecule has 1 aromatic rings. The highest BCUT2D eigenvalue weighted by molar-refractivity contribution is 8.14. The monoisotopic (exact) mass is 316 g/mol. The predicted octanol–water partition coefficient (Wildman–Crippen LogP) is 2.51. The number of amidine groups is 1. The molecule has 3 rings (SSSR count). The zero-order chi connectivity index (χ0) is 15.7. The quantitative estimate of drug-likeness (QED) is 0.787. The van der Waals surface area contributed by atoms with Gasteiger partial charge < -0.3 is 4.74 Å². The van der Waals surface area contributed by atoms with Crippen molar-refractivity contribution in [3.63, 3.8) is 0 Å². The molecule has 1 amide bonds. The van der Waals surface area contributed by atoms with Gasteiger partial charge in [-0.2, -0.15) is 0 Å². The van der Waals surface area contributed by atoms with Crippen molar-refractivity contribution in [3.8, 4) is 0 Å². The maximum absolute atomic E-state index is 12.4. The van der Waals surface area contributed by atoms with E-state index in [0.29, 0.717) is 22.9 Å². The van der Waals surface area contributed by atoms with Crippen molar-refractivity contribution in [2.45, 2.75) is 19.4 Å². The first-order chi connectivity index (χ1) is 10.6. The van der Waals surface area contributed by atoms with Crippen molar-refractivity contribution in [3.05, 3.63) is 47.2 Å². The van der Waals surface area contributed by atoms with Crippen LogP contribution in [0.3, 0.4) is 0 Å². The summed E-state index contributed by atoms with van der Waals surface area (Å²) >= 11 is 1.54. The Morgan fingerprint density at radius 2 is 2.09 bits per heavy atom. The van der Waals surface area contributed by atoms with Gasteiger partial charge in [-0.1, -0.05) is 42.1 Å². The molecule has 2 heterocycles. The number of benzene rings is 1. The highest BCUT2D eigenvalue weighted by Crippen LogP contribution is 2.40. The van der Waals surface area contributed by atoms with E-state index in [1.54, 1.807) is 23.6 Å². The summed E-state index contributed by atoms with van der Waals surface area (Å²) in [5.41, 5.74) is 1.91. The van der Waals surface area contributed by atoms with Crippen LogP contribution in [0.2, 0.25) is 0 Å². The lowest BCUT2D eigenvalue weighted by Crippen LogP contribution is -2.45. The summed E-state index contributed by atoms with van der Waals surface area (Å²) in [6, 6.07) is 9.05. The molecule has 0 radical (unpaired) electrons. The van der Waals surface area contributed by atoms with E-state index in [-0.39, 0.29) is 5.91 Å². The van der Waals surface area contributed by atoms with Gasteiger partial charge in [-0.15, -0.1) is 0 Å². The predicted molar refractivity (Wildman–Crippen MR) is 85.3 cm³/mol. The van der Waals surface area contributed by atoms with Gasteiger partial charge in [0.15, 0.2) is 5.17 Å². The fraction of sp³-hybridized carbons (Fsp3) is 0.312. The van der Waals surface area contributed by atoms with Crippen LogP contribution in [-0.2, 0) is 14.3 Å². The number of hydrogen-bond donors (Lipinski definition) is 0. The lowest BCUT2D eigenvalue weighted by molar-refractivity contribution is -0.137. The maximum atomic E-state index is 12.4. The number of rotatable bonds is 2. The molecule has 2 aliphatic rings. The van der Waals surface area contributed by atoms with Crippen molar-refractivity contribution in [1.82, 2.24) is 4.90 Å². The minimum atomic E-state index is -0.471. The van der Waals surface area contributed by atoms with Gasteiger partial charge in [0.25, 0.3) is 0 Å². The van der Waals surface area contributed by atoms with Gasteiger partial charge in [0, 0.05) is 12.2 Å². The zero-order valence-corrected chi connectivity index (χ0v) is 13.2. The van der Waals surface area contributed by atoms with Crippen molar-refractivity contribution >= 4 is 28.8 Å². The molecule has 5 nitrogen and oxygen atoms in total. The molecule has 22 heavy (non-hydrogen) atoms. The van der Waals surface area contributed by atoms with Crippen LogP contribution in [-0.4, -0.2) is 34.8 Å². The van der Waals surface area contributed by atoms with Crippen LogP contribution in [0.25, 0.3) is 0 Å². The molecular formula is C16H16N2O3S. The summed E-state index contributed by atoms with van der Waals surface area (Å²) in [5, 5.41) is 0.662. The third-order valence-electron chi connectivity index (χ3n) is 3.73. The maximum Gasteiger partial charge on any atom is 0.338 e. The van der Waals surface area contributed by atoms with E-state index in [0.717, 1.165) is 11.3 Å². The lowest BCUT2D eigenvalue weighted by Gasteiger charge is -2.38. The molecule has 1 atom stereocenters. The van der Waals surface area contributed by atoms with Gasteiger partial charge in [0.1, 0.15) is 0 Å². The number of esters is 1. The number of allylic oxidation sites excluding steroid dienone is 1. The SMILES string of the molecule is COC(=O)C1=C(C)N=C2SCCC(=O)N2[C@H]1c1ccccc1. The van der Waals surface area contributed by atoms with E-state index in [4.69, 9.17) is 4.74 Å². The van der Waals surface area contributed by atoms with Crippen molar-refractivity contribution in [1.29, 1.82) is 0 Å². The third kappa shape index (κ3) is 2.43. The number of ether oxygens (including phenoxy) is 1. The Balaban J connectivity index is 2.17. The van der Waals surface area contributed by atoms with E-state index < -0.39 is 12.0 Å². The number of carbonyl (C=O) groups excluding carboxylic acids is 2. The van der Waals surface area contributed by atoms with Gasteiger partial charge in [-0.3, -0.25) is 9.69 Å². The normalized spacial score (nSPS) is 21.4. The molecule has 1 aromatic carbocycles. The second-order valence-electron chi connectivity index (χ2n) is 5.06. The topological polar surface area (TPSA) is 59.0 Å². The number of fused-ring (bicyclic) bond motifs is 1. The summed E-state index contributed by atoms with van der Waals surface area (Å²) in [7, 11) is 1.34. The van der Waals surface area contributed by atoms with Crippen molar-refractivity contribution < 1.29 is 14.3 Å². The Kier molecular flexibility index (Phi) is 4.02. The number of aliphatic imine (C=N–C) groups is 1. The van der Waals surface area contributed by atoms with Crippen LogP contribution >= 0.6 is 11.8 Å². The van der Waals surface area contributed by atoms with Crippen LogP contribution in [0.15, 0.2) is 46.6 Å². The number of methoxy groups -OCH3 is 1. The van der Waals surface area contributed by atoms with Gasteiger partial charge in [-0.05, 0) is 12.5 Å². The highest BCUT2D eigenvalue weighted by Gasteiger charge is 2.41. The molecule has 0 N–H and O–H groups in total. The lowest BCUT2D eigenvalue weighted by atomic mass is 9.94. The summed E-state index contributed by atoms with van der Waals surface area (Å²) in [6.07, 6.45) is 0.445. The Morgan fingerprint density at radius 1 is 1.36 bits per heavy atom. The molecule has 0 saturated carbocycles. The molecule has 1 saturated heterocycles. The average Bonchev–Trinajstić information content (AvgIpc) is 2.54. The molecule has 0 aliphatic carbocycles. The van der Waals surface area contributed by atoms with Crippen LogP contribution in [0.4, 0.5) is 0 Å². The molecule has 2 aliphatic heterocycles.